The number of anilines is 2. The highest BCUT2D eigenvalue weighted by molar-refractivity contribution is 14.1. The normalized spacial score (nSPS) is 17.1. The number of piperidine rings is 4. The lowest BCUT2D eigenvalue weighted by atomic mass is 9.88. The van der Waals surface area contributed by atoms with E-state index in [4.69, 9.17) is 52.2 Å². The summed E-state index contributed by atoms with van der Waals surface area (Å²) in [6.07, 6.45) is 30.8. The van der Waals surface area contributed by atoms with Gasteiger partial charge >= 0.3 is 5.97 Å². The molecule has 7 aromatic rings. The second kappa shape index (κ2) is 57.5. The summed E-state index contributed by atoms with van der Waals surface area (Å²) < 4.78 is 26.7. The van der Waals surface area contributed by atoms with Crippen molar-refractivity contribution < 1.29 is 63.0 Å². The van der Waals surface area contributed by atoms with Gasteiger partial charge in [0.1, 0.15) is 53.2 Å². The number of carbonyl (C=O) groups excluding carboxylic acids is 4. The first-order chi connectivity index (χ1) is 58.4. The number of ether oxygens (including phenoxy) is 4. The number of nitro benzene ring substituents is 2. The number of carboxylic acids is 1. The number of non-ortho nitro benzene ring substituents is 2. The molecule has 4 aliphatic carbocycles. The summed E-state index contributed by atoms with van der Waals surface area (Å²) in [7, 11) is 1.00. The van der Waals surface area contributed by atoms with Crippen molar-refractivity contribution in [1.82, 2.24) is 29.6 Å². The van der Waals surface area contributed by atoms with Crippen LogP contribution < -0.4 is 41.3 Å². The predicted molar refractivity (Wildman–Crippen MR) is 511 cm³/mol. The molecule has 26 nitrogen and oxygen atoms in total. The van der Waals surface area contributed by atoms with E-state index < -0.39 is 15.8 Å². The lowest BCUT2D eigenvalue weighted by Crippen LogP contribution is -2.44. The summed E-state index contributed by atoms with van der Waals surface area (Å²) in [6, 6.07) is 38.3. The number of aliphatic hydroxyl groups is 1. The van der Waals surface area contributed by atoms with E-state index in [9.17, 15) is 49.0 Å². The minimum atomic E-state index is -0.980. The molecular weight excluding hydrogens is 1750 g/mol. The van der Waals surface area contributed by atoms with Crippen LogP contribution in [0.25, 0.3) is 16.6 Å². The maximum absolute atomic E-state index is 13.2. The smallest absolute Gasteiger partial charge is 0.337 e. The zero-order chi connectivity index (χ0) is 87.2. The Kier molecular flexibility index (Phi) is 49.8. The average molecular weight is 1890 g/mol. The number of amides is 3. The van der Waals surface area contributed by atoms with Crippen LogP contribution in [0.4, 0.5) is 22.7 Å². The molecule has 0 spiro atoms. The Morgan fingerprint density at radius 2 is 0.792 bits per heavy atom. The molecule has 3 amide bonds. The molecule has 1 aromatic heterocycles. The highest BCUT2D eigenvalue weighted by Crippen LogP contribution is 2.33. The standard InChI is InChI=1S/C28H33N3O3.C18H24N2O4.C18H26N2O2.C11H14N2O3.C8H9NO2.C7H11ClO.C2H5I.CH4O.3CH4.ClH/c1-19-8-13-26-25(18-19)28(33)31(20(2)29-26)22-9-11-23(12-10-22)34-24-14-16-30(17-15-24)27(32)21-6-4-3-5-7-21;21-18(14-4-2-1-3-5-14)19-12-10-17(11-13-19)24-16-8-6-15(7-9-16)20(22)23;19-15-6-8-16(9-7-15)22-17-10-12-20(13-11-17)18(21)14-4-2-1-3-5-14;14-13(15)9-1-3-10(4-2-9)16-11-5-7-12-8-6-11;1-5-2-3-7(9)6(4-5)8(10)11;8-7(9)6-4-2-1-3-5-6;1-2-3;1-2;;;;/h8-13,18,21,24H,3-7,14-17H2,1-2H3;6-9,14,17H,1-5,10-13H2;6-9,14,17H,1-5,10-13,19H2;1-4,11-12H,5-8H2;2-4H,9H2,1H3,(H,10,11);6H,1-5H2;2H2,1H3;2H,1H3;3*1H4;1H. The molecule has 8 fully saturated rings. The van der Waals surface area contributed by atoms with Gasteiger partial charge in [-0.15, -0.1) is 12.4 Å². The molecule has 0 radical (unpaired) electrons. The number of carboxylic acid groups (broad SMARTS) is 1. The number of aromatic nitrogens is 2. The van der Waals surface area contributed by atoms with Gasteiger partial charge in [-0.3, -0.25) is 48.8 Å². The van der Waals surface area contributed by atoms with E-state index in [0.717, 1.165) is 202 Å². The fourth-order valence-corrected chi connectivity index (χ4v) is 16.7. The van der Waals surface area contributed by atoms with Crippen molar-refractivity contribution in [2.24, 2.45) is 23.7 Å². The number of aromatic carboxylic acids is 1. The molecule has 15 rings (SSSR count). The lowest BCUT2D eigenvalue weighted by molar-refractivity contribution is -0.385. The fraction of sp³-hybridized carbons (Fsp3) is 0.552. The largest absolute Gasteiger partial charge is 0.490 e. The third-order valence-electron chi connectivity index (χ3n) is 23.2. The lowest BCUT2D eigenvalue weighted by Gasteiger charge is -2.35. The number of alkyl halides is 1. The first kappa shape index (κ1) is 108. The summed E-state index contributed by atoms with van der Waals surface area (Å²) >= 11 is 7.61. The van der Waals surface area contributed by atoms with Crippen LogP contribution >= 0.6 is 46.6 Å². The van der Waals surface area contributed by atoms with E-state index in [1.807, 2.05) is 97.3 Å². The number of aliphatic hydroxyl groups excluding tert-OH is 1. The Morgan fingerprint density at radius 1 is 0.480 bits per heavy atom. The molecule has 6 aromatic carbocycles. The average Bonchev–Trinajstić information content (AvgIpc) is 0.772. The minimum Gasteiger partial charge on any atom is -0.490 e. The van der Waals surface area contributed by atoms with Crippen molar-refractivity contribution in [3.63, 3.8) is 0 Å². The number of carbonyl (C=O) groups is 5. The number of benzene rings is 6. The van der Waals surface area contributed by atoms with Gasteiger partial charge in [0, 0.05) is 144 Å². The van der Waals surface area contributed by atoms with Crippen LogP contribution in [-0.2, 0) is 19.2 Å². The van der Waals surface area contributed by atoms with Crippen molar-refractivity contribution >= 4 is 109 Å². The Balaban J connectivity index is 0.000000323. The van der Waals surface area contributed by atoms with E-state index in [2.05, 4.69) is 44.7 Å². The van der Waals surface area contributed by atoms with Gasteiger partial charge in [-0.05, 0) is 211 Å². The van der Waals surface area contributed by atoms with Crippen LogP contribution in [0.3, 0.4) is 0 Å². The second-order valence-corrected chi connectivity index (χ2v) is 34.1. The van der Waals surface area contributed by atoms with Gasteiger partial charge in [-0.2, -0.15) is 0 Å². The molecular formula is C96H139Cl2IN10O16. The molecule has 7 N–H and O–H groups in total. The molecule has 125 heavy (non-hydrogen) atoms. The highest BCUT2D eigenvalue weighted by Gasteiger charge is 2.34. The van der Waals surface area contributed by atoms with E-state index in [1.165, 1.54) is 106 Å². The van der Waals surface area contributed by atoms with Crippen LogP contribution in [0.2, 0.25) is 0 Å². The van der Waals surface area contributed by atoms with Crippen LogP contribution in [0.15, 0.2) is 138 Å². The van der Waals surface area contributed by atoms with Crippen molar-refractivity contribution in [2.75, 3.05) is 75.4 Å². The van der Waals surface area contributed by atoms with Crippen LogP contribution in [0, 0.1) is 64.7 Å². The van der Waals surface area contributed by atoms with E-state index in [0.29, 0.717) is 46.1 Å². The van der Waals surface area contributed by atoms with Crippen molar-refractivity contribution in [2.45, 2.75) is 254 Å². The number of fused-ring (bicyclic) bond motifs is 1. The number of nitro groups is 2. The number of halogens is 3. The van der Waals surface area contributed by atoms with Gasteiger partial charge in [-0.25, -0.2) is 9.78 Å². The highest BCUT2D eigenvalue weighted by atomic mass is 127. The first-order valence-corrected chi connectivity index (χ1v) is 45.3. The molecule has 0 bridgehead atoms. The summed E-state index contributed by atoms with van der Waals surface area (Å²) in [5.74, 6) is 4.67. The monoisotopic (exact) mass is 1880 g/mol. The van der Waals surface area contributed by atoms with Crippen LogP contribution in [0.5, 0.6) is 23.0 Å². The van der Waals surface area contributed by atoms with Crippen molar-refractivity contribution in [3.05, 3.63) is 187 Å². The third-order valence-corrected chi connectivity index (χ3v) is 23.6. The molecule has 4 aliphatic heterocycles. The molecule has 0 atom stereocenters. The van der Waals surface area contributed by atoms with Gasteiger partial charge in [-0.1, -0.05) is 152 Å². The zero-order valence-corrected chi connectivity index (χ0v) is 75.3. The maximum Gasteiger partial charge on any atom is 0.337 e. The van der Waals surface area contributed by atoms with E-state index >= 15 is 0 Å². The third kappa shape index (κ3) is 35.5. The number of nitrogen functional groups attached to an aromatic ring is 2. The first-order valence-electron chi connectivity index (χ1n) is 43.4. The Labute approximate surface area is 765 Å². The number of hydrogen-bond donors (Lipinski definition) is 5. The number of nitrogens with zero attached hydrogens (tertiary/aromatic N) is 7. The van der Waals surface area contributed by atoms with Gasteiger partial charge in [0.05, 0.1) is 32.0 Å². The van der Waals surface area contributed by atoms with E-state index in [-0.39, 0.29) is 111 Å². The molecule has 29 heteroatoms. The number of nitrogens with two attached hydrogens (primary N) is 2. The molecule has 690 valence electrons. The summed E-state index contributed by atoms with van der Waals surface area (Å²) in [4.78, 5) is 103. The molecule has 8 aliphatic rings. The minimum absolute atomic E-state index is 0. The van der Waals surface area contributed by atoms with Gasteiger partial charge in [0.25, 0.3) is 16.9 Å². The molecule has 4 saturated heterocycles. The quantitative estimate of drug-likeness (QED) is 0.0150. The fourth-order valence-electron chi connectivity index (χ4n) is 16.5. The Bertz CT molecular complexity index is 4420. The van der Waals surface area contributed by atoms with Gasteiger partial charge < -0.3 is 60.6 Å². The number of rotatable bonds is 16. The summed E-state index contributed by atoms with van der Waals surface area (Å²) in [6.45, 7) is 14.4. The zero-order valence-electron chi connectivity index (χ0n) is 71.5. The van der Waals surface area contributed by atoms with Crippen LogP contribution in [0.1, 0.15) is 236 Å². The number of nitrogens with one attached hydrogen (secondary N) is 1. The Hall–Kier alpha value is -9.16. The SMILES string of the molecule is C.C.C.CCI.CO.Cc1ccc(N)c(C(=O)O)c1.Cc1ccc2nc(C)n(-c3ccc(OC4CCN(C(=O)C5CCCCC5)CC4)cc3)c(=O)c2c1.Cl.Nc1ccc(OC2CCN(C(=O)C3CCCCC3)CC2)cc1.O=C(C1CCCCC1)N1CCC(Oc2ccc([N+](=O)[O-])cc2)CC1.O=C(Cl)C1CCCCC1.O=[N+]([O-])c1ccc(OC2CCNCC2)cc1. The molecule has 4 saturated carbocycles. The summed E-state index contributed by atoms with van der Waals surface area (Å²) in [5.41, 5.74) is 15.9. The predicted octanol–water partition coefficient (Wildman–Crippen LogP) is 20.4. The molecule has 5 heterocycles. The van der Waals surface area contributed by atoms with Gasteiger partial charge in [0.15, 0.2) is 0 Å². The number of hydrogen-bond acceptors (Lipinski definition) is 19. The maximum atomic E-state index is 13.2. The second-order valence-electron chi connectivity index (χ2n) is 32.2. The number of aryl methyl sites for hydroxylation is 3. The van der Waals surface area contributed by atoms with Gasteiger partial charge in [0.2, 0.25) is 23.0 Å². The topological polar surface area (TPSA) is 358 Å². The number of likely N-dealkylation sites (tertiary alicyclic amines) is 3. The van der Waals surface area contributed by atoms with Crippen molar-refractivity contribution in [1.29, 1.82) is 0 Å². The molecule has 0 unspecified atom stereocenters. The van der Waals surface area contributed by atoms with Crippen LogP contribution in [-0.4, -0.2) is 162 Å². The Morgan fingerprint density at radius 3 is 1.11 bits per heavy atom. The van der Waals surface area contributed by atoms with Crippen molar-refractivity contribution in [3.8, 4) is 28.7 Å². The summed E-state index contributed by atoms with van der Waals surface area (Å²) in [5, 5.41) is 40.5. The van der Waals surface area contributed by atoms with E-state index in [1.54, 1.807) is 47.0 Å².